The molecular formula is C23H27ClN2O4. The first-order valence-corrected chi connectivity index (χ1v) is 10.3. The molecule has 1 N–H and O–H groups in total. The highest BCUT2D eigenvalue weighted by atomic mass is 35.5. The molecule has 7 heteroatoms. The normalized spacial score (nSPS) is 18.4. The topological polar surface area (TPSA) is 67.9 Å². The molecule has 0 aromatic heterocycles. The van der Waals surface area contributed by atoms with Crippen LogP contribution in [0.5, 0.6) is 11.5 Å². The van der Waals surface area contributed by atoms with Crippen molar-refractivity contribution in [1.82, 2.24) is 10.2 Å². The molecule has 3 rings (SSSR count). The first-order chi connectivity index (χ1) is 14.3. The van der Waals surface area contributed by atoms with E-state index in [0.29, 0.717) is 35.2 Å². The standard InChI is InChI=1S/C23H27ClN2O4/c1-14(2)25-22(27)20-13-26(23(28)15-6-5-7-16(24)10-15)12-19(20)18-11-17(29-3)8-9-21(18)30-4/h5-11,14,19-20H,12-13H2,1-4H3,(H,25,27)/t19-,20-/m1/s1. The largest absolute Gasteiger partial charge is 0.497 e. The van der Waals surface area contributed by atoms with Gasteiger partial charge in [0, 0.05) is 41.2 Å². The van der Waals surface area contributed by atoms with Gasteiger partial charge in [0.1, 0.15) is 11.5 Å². The zero-order valence-electron chi connectivity index (χ0n) is 17.6. The third-order valence-electron chi connectivity index (χ3n) is 5.28. The van der Waals surface area contributed by atoms with Gasteiger partial charge in [0.05, 0.1) is 20.1 Å². The van der Waals surface area contributed by atoms with Crippen LogP contribution in [0.2, 0.25) is 5.02 Å². The van der Waals surface area contributed by atoms with Crippen LogP contribution in [0.4, 0.5) is 0 Å². The monoisotopic (exact) mass is 430 g/mol. The SMILES string of the molecule is COc1ccc(OC)c([C@H]2CN(C(=O)c3cccc(Cl)c3)C[C@H]2C(=O)NC(C)C)c1. The van der Waals surface area contributed by atoms with Crippen LogP contribution in [0, 0.1) is 5.92 Å². The van der Waals surface area contributed by atoms with Gasteiger partial charge in [-0.3, -0.25) is 9.59 Å². The number of nitrogens with one attached hydrogen (secondary N) is 1. The van der Waals surface area contributed by atoms with Crippen LogP contribution in [0.3, 0.4) is 0 Å². The number of hydrogen-bond donors (Lipinski definition) is 1. The summed E-state index contributed by atoms with van der Waals surface area (Å²) in [7, 11) is 3.19. The van der Waals surface area contributed by atoms with E-state index in [-0.39, 0.29) is 23.8 Å². The fraction of sp³-hybridized carbons (Fsp3) is 0.391. The summed E-state index contributed by atoms with van der Waals surface area (Å²) in [6, 6.07) is 12.4. The predicted octanol–water partition coefficient (Wildman–Crippen LogP) is 3.74. The maximum absolute atomic E-state index is 13.1. The molecule has 6 nitrogen and oxygen atoms in total. The summed E-state index contributed by atoms with van der Waals surface area (Å²) in [6.07, 6.45) is 0. The number of halogens is 1. The third-order valence-corrected chi connectivity index (χ3v) is 5.52. The molecule has 0 unspecified atom stereocenters. The van der Waals surface area contributed by atoms with Crippen molar-refractivity contribution in [2.24, 2.45) is 5.92 Å². The Hall–Kier alpha value is -2.73. The molecule has 1 saturated heterocycles. The Kier molecular flexibility index (Phi) is 6.87. The molecule has 2 aromatic rings. The number of benzene rings is 2. The minimum Gasteiger partial charge on any atom is -0.497 e. The summed E-state index contributed by atoms with van der Waals surface area (Å²) in [4.78, 5) is 27.8. The molecular weight excluding hydrogens is 404 g/mol. The molecule has 2 aromatic carbocycles. The lowest BCUT2D eigenvalue weighted by Crippen LogP contribution is -2.39. The number of ether oxygens (including phenoxy) is 2. The Balaban J connectivity index is 1.97. The highest BCUT2D eigenvalue weighted by Gasteiger charge is 2.42. The molecule has 160 valence electrons. The summed E-state index contributed by atoms with van der Waals surface area (Å²) in [5, 5.41) is 3.49. The van der Waals surface area contributed by atoms with Gasteiger partial charge in [-0.25, -0.2) is 0 Å². The minimum absolute atomic E-state index is 0.00281. The summed E-state index contributed by atoms with van der Waals surface area (Å²) in [6.45, 7) is 4.55. The van der Waals surface area contributed by atoms with Gasteiger partial charge in [-0.05, 0) is 50.2 Å². The smallest absolute Gasteiger partial charge is 0.253 e. The number of hydrogen-bond acceptors (Lipinski definition) is 4. The first-order valence-electron chi connectivity index (χ1n) is 9.91. The number of amides is 2. The lowest BCUT2D eigenvalue weighted by atomic mass is 9.87. The number of nitrogens with zero attached hydrogens (tertiary/aromatic N) is 1. The van der Waals surface area contributed by atoms with Crippen molar-refractivity contribution in [3.05, 3.63) is 58.6 Å². The Morgan fingerprint density at radius 1 is 1.10 bits per heavy atom. The Morgan fingerprint density at radius 2 is 1.87 bits per heavy atom. The van der Waals surface area contributed by atoms with Crippen molar-refractivity contribution >= 4 is 23.4 Å². The molecule has 0 saturated carbocycles. The molecule has 2 atom stereocenters. The predicted molar refractivity (Wildman–Crippen MR) is 116 cm³/mol. The van der Waals surface area contributed by atoms with Crippen molar-refractivity contribution in [2.75, 3.05) is 27.3 Å². The van der Waals surface area contributed by atoms with E-state index in [0.717, 1.165) is 5.56 Å². The average molecular weight is 431 g/mol. The van der Waals surface area contributed by atoms with Crippen molar-refractivity contribution in [1.29, 1.82) is 0 Å². The highest BCUT2D eigenvalue weighted by Crippen LogP contribution is 2.40. The first kappa shape index (κ1) is 22.0. The zero-order valence-corrected chi connectivity index (χ0v) is 18.4. The van der Waals surface area contributed by atoms with Gasteiger partial charge in [0.2, 0.25) is 5.91 Å². The maximum atomic E-state index is 13.1. The van der Waals surface area contributed by atoms with Gasteiger partial charge in [0.25, 0.3) is 5.91 Å². The highest BCUT2D eigenvalue weighted by molar-refractivity contribution is 6.30. The van der Waals surface area contributed by atoms with Gasteiger partial charge in [0.15, 0.2) is 0 Å². The van der Waals surface area contributed by atoms with Crippen LogP contribution in [-0.4, -0.2) is 50.1 Å². The number of rotatable bonds is 6. The van der Waals surface area contributed by atoms with Gasteiger partial charge in [-0.15, -0.1) is 0 Å². The van der Waals surface area contributed by atoms with E-state index in [4.69, 9.17) is 21.1 Å². The van der Waals surface area contributed by atoms with E-state index in [9.17, 15) is 9.59 Å². The molecule has 2 amide bonds. The van der Waals surface area contributed by atoms with Gasteiger partial charge in [-0.2, -0.15) is 0 Å². The van der Waals surface area contributed by atoms with Crippen molar-refractivity contribution in [3.63, 3.8) is 0 Å². The van der Waals surface area contributed by atoms with E-state index in [2.05, 4.69) is 5.32 Å². The quantitative estimate of drug-likeness (QED) is 0.758. The summed E-state index contributed by atoms with van der Waals surface area (Å²) in [5.41, 5.74) is 1.35. The molecule has 0 aliphatic carbocycles. The van der Waals surface area contributed by atoms with Crippen molar-refractivity contribution < 1.29 is 19.1 Å². The lowest BCUT2D eigenvalue weighted by Gasteiger charge is -2.22. The fourth-order valence-electron chi connectivity index (χ4n) is 3.88. The van der Waals surface area contributed by atoms with E-state index >= 15 is 0 Å². The van der Waals surface area contributed by atoms with Gasteiger partial charge in [-0.1, -0.05) is 17.7 Å². The molecule has 1 aliphatic heterocycles. The lowest BCUT2D eigenvalue weighted by molar-refractivity contribution is -0.125. The molecule has 1 heterocycles. The van der Waals surface area contributed by atoms with Crippen LogP contribution in [-0.2, 0) is 4.79 Å². The summed E-state index contributed by atoms with van der Waals surface area (Å²) < 4.78 is 10.9. The molecule has 0 radical (unpaired) electrons. The van der Waals surface area contributed by atoms with Gasteiger partial charge >= 0.3 is 0 Å². The second-order valence-corrected chi connectivity index (χ2v) is 8.14. The molecule has 0 spiro atoms. The third kappa shape index (κ3) is 4.70. The second-order valence-electron chi connectivity index (χ2n) is 7.70. The second kappa shape index (κ2) is 9.39. The Morgan fingerprint density at radius 3 is 2.50 bits per heavy atom. The Bertz CT molecular complexity index is 931. The molecule has 1 aliphatic rings. The van der Waals surface area contributed by atoms with E-state index in [1.54, 1.807) is 43.4 Å². The zero-order chi connectivity index (χ0) is 21.8. The van der Waals surface area contributed by atoms with E-state index in [1.165, 1.54) is 0 Å². The van der Waals surface area contributed by atoms with E-state index in [1.807, 2.05) is 32.0 Å². The number of likely N-dealkylation sites (tertiary alicyclic amines) is 1. The Labute approximate surface area is 182 Å². The number of methoxy groups -OCH3 is 2. The molecule has 0 bridgehead atoms. The van der Waals surface area contributed by atoms with Crippen molar-refractivity contribution in [3.8, 4) is 11.5 Å². The van der Waals surface area contributed by atoms with Crippen LogP contribution in [0.1, 0.15) is 35.7 Å². The van der Waals surface area contributed by atoms with Crippen LogP contribution in [0.15, 0.2) is 42.5 Å². The van der Waals surface area contributed by atoms with Crippen LogP contribution < -0.4 is 14.8 Å². The van der Waals surface area contributed by atoms with Crippen LogP contribution >= 0.6 is 11.6 Å². The maximum Gasteiger partial charge on any atom is 0.253 e. The molecule has 30 heavy (non-hydrogen) atoms. The van der Waals surface area contributed by atoms with Gasteiger partial charge < -0.3 is 19.7 Å². The van der Waals surface area contributed by atoms with Crippen molar-refractivity contribution in [2.45, 2.75) is 25.8 Å². The minimum atomic E-state index is -0.406. The fourth-order valence-corrected chi connectivity index (χ4v) is 4.07. The average Bonchev–Trinajstić information content (AvgIpc) is 3.17. The van der Waals surface area contributed by atoms with Crippen LogP contribution in [0.25, 0.3) is 0 Å². The van der Waals surface area contributed by atoms with E-state index < -0.39 is 5.92 Å². The summed E-state index contributed by atoms with van der Waals surface area (Å²) >= 11 is 6.06. The number of carbonyl (C=O) groups is 2. The number of carbonyl (C=O) groups excluding carboxylic acids is 2. The molecule has 1 fully saturated rings. The summed E-state index contributed by atoms with van der Waals surface area (Å²) in [5.74, 6) is 0.479.